The smallest absolute Gasteiger partial charge is 0.243 e. The van der Waals surface area contributed by atoms with Gasteiger partial charge < -0.3 is 19.9 Å². The zero-order valence-electron chi connectivity index (χ0n) is 17.0. The fourth-order valence-electron chi connectivity index (χ4n) is 4.04. The maximum Gasteiger partial charge on any atom is 0.243 e. The monoisotopic (exact) mass is 426 g/mol. The Kier molecular flexibility index (Phi) is 7.02. The van der Waals surface area contributed by atoms with Crippen molar-refractivity contribution >= 4 is 15.9 Å². The zero-order valence-corrected chi connectivity index (χ0v) is 17.8. The summed E-state index contributed by atoms with van der Waals surface area (Å²) in [5.74, 6) is 0.337. The van der Waals surface area contributed by atoms with E-state index < -0.39 is 10.0 Å². The Labute approximate surface area is 172 Å². The molecule has 1 amide bonds. The molecule has 9 heteroatoms. The van der Waals surface area contributed by atoms with Gasteiger partial charge in [-0.2, -0.15) is 4.31 Å². The minimum Gasteiger partial charge on any atom is -0.493 e. The summed E-state index contributed by atoms with van der Waals surface area (Å²) < 4.78 is 38.0. The van der Waals surface area contributed by atoms with Crippen molar-refractivity contribution in [2.75, 3.05) is 27.3 Å². The summed E-state index contributed by atoms with van der Waals surface area (Å²) >= 11 is 0. The molecule has 2 N–H and O–H groups in total. The molecular formula is C20H30N2O6S. The maximum atomic E-state index is 13.1. The molecule has 1 aliphatic carbocycles. The van der Waals surface area contributed by atoms with Gasteiger partial charge in [-0.15, -0.1) is 0 Å². The molecule has 1 atom stereocenters. The number of aliphatic hydroxyl groups is 1. The zero-order chi connectivity index (χ0) is 21.0. The summed E-state index contributed by atoms with van der Waals surface area (Å²) in [6, 6.07) is 4.57. The van der Waals surface area contributed by atoms with E-state index in [0.717, 1.165) is 12.8 Å². The number of hydrogen-bond acceptors (Lipinski definition) is 6. The van der Waals surface area contributed by atoms with Gasteiger partial charge >= 0.3 is 0 Å². The number of piperidine rings is 1. The van der Waals surface area contributed by atoms with Gasteiger partial charge in [0.2, 0.25) is 15.9 Å². The van der Waals surface area contributed by atoms with E-state index in [1.54, 1.807) is 6.07 Å². The predicted octanol–water partition coefficient (Wildman–Crippen LogP) is 1.52. The molecule has 0 aromatic heterocycles. The van der Waals surface area contributed by atoms with Crippen LogP contribution in [0.5, 0.6) is 11.5 Å². The van der Waals surface area contributed by atoms with Crippen LogP contribution in [0.3, 0.4) is 0 Å². The fourth-order valence-corrected chi connectivity index (χ4v) is 5.58. The Balaban J connectivity index is 1.68. The lowest BCUT2D eigenvalue weighted by molar-refractivity contribution is -0.127. The van der Waals surface area contributed by atoms with Gasteiger partial charge in [0.05, 0.1) is 31.1 Å². The normalized spacial score (nSPS) is 26.0. The van der Waals surface area contributed by atoms with E-state index in [9.17, 15) is 18.3 Å². The molecule has 2 aliphatic rings. The van der Waals surface area contributed by atoms with Crippen molar-refractivity contribution in [1.29, 1.82) is 0 Å². The van der Waals surface area contributed by atoms with Gasteiger partial charge in [0, 0.05) is 25.2 Å². The van der Waals surface area contributed by atoms with E-state index in [4.69, 9.17) is 9.47 Å². The molecule has 1 heterocycles. The lowest BCUT2D eigenvalue weighted by atomic mass is 9.92. The number of ether oxygens (including phenoxy) is 2. The Morgan fingerprint density at radius 1 is 1.10 bits per heavy atom. The number of sulfonamides is 1. The number of methoxy groups -OCH3 is 2. The van der Waals surface area contributed by atoms with Gasteiger partial charge in [-0.1, -0.05) is 0 Å². The predicted molar refractivity (Wildman–Crippen MR) is 107 cm³/mol. The summed E-state index contributed by atoms with van der Waals surface area (Å²) in [7, 11) is -0.791. The van der Waals surface area contributed by atoms with Crippen LogP contribution in [0, 0.1) is 5.92 Å². The van der Waals surface area contributed by atoms with Crippen molar-refractivity contribution in [3.05, 3.63) is 18.2 Å². The van der Waals surface area contributed by atoms with Crippen LogP contribution < -0.4 is 14.8 Å². The Bertz CT molecular complexity index is 820. The number of hydrogen-bond donors (Lipinski definition) is 2. The average Bonchev–Trinajstić information content (AvgIpc) is 2.74. The summed E-state index contributed by atoms with van der Waals surface area (Å²) in [5, 5.41) is 12.7. The third-order valence-electron chi connectivity index (χ3n) is 5.79. The van der Waals surface area contributed by atoms with Crippen molar-refractivity contribution in [2.45, 2.75) is 55.6 Å². The number of nitrogens with one attached hydrogen (secondary N) is 1. The SMILES string of the molecule is COc1ccc(S(=O)(=O)N2CCC[C@H](C(=O)N[C@H]3CC[C@H](O)CC3)C2)cc1OC. The molecule has 0 bridgehead atoms. The minimum atomic E-state index is -3.74. The summed E-state index contributed by atoms with van der Waals surface area (Å²) in [5.41, 5.74) is 0. The van der Waals surface area contributed by atoms with Crippen molar-refractivity contribution in [3.63, 3.8) is 0 Å². The summed E-state index contributed by atoms with van der Waals surface area (Å²) in [4.78, 5) is 12.8. The topological polar surface area (TPSA) is 105 Å². The van der Waals surface area contributed by atoms with Crippen molar-refractivity contribution in [1.82, 2.24) is 9.62 Å². The first kappa shape index (κ1) is 21.9. The van der Waals surface area contributed by atoms with E-state index in [0.29, 0.717) is 43.7 Å². The highest BCUT2D eigenvalue weighted by Gasteiger charge is 2.34. The van der Waals surface area contributed by atoms with E-state index >= 15 is 0 Å². The minimum absolute atomic E-state index is 0.0590. The number of amides is 1. The molecule has 1 aromatic rings. The molecule has 0 spiro atoms. The molecule has 0 unspecified atom stereocenters. The Hall–Kier alpha value is -1.84. The van der Waals surface area contributed by atoms with Gasteiger partial charge in [-0.05, 0) is 50.7 Å². The van der Waals surface area contributed by atoms with Crippen LogP contribution in [-0.2, 0) is 14.8 Å². The molecule has 8 nitrogen and oxygen atoms in total. The van der Waals surface area contributed by atoms with E-state index in [-0.39, 0.29) is 35.4 Å². The number of rotatable bonds is 6. The Morgan fingerprint density at radius 2 is 1.79 bits per heavy atom. The molecule has 3 rings (SSSR count). The third kappa shape index (κ3) is 5.02. The van der Waals surface area contributed by atoms with E-state index in [1.165, 1.54) is 30.7 Å². The van der Waals surface area contributed by atoms with Crippen molar-refractivity contribution < 1.29 is 27.8 Å². The van der Waals surface area contributed by atoms with Gasteiger partial charge in [-0.25, -0.2) is 8.42 Å². The first-order valence-electron chi connectivity index (χ1n) is 10.1. The lowest BCUT2D eigenvalue weighted by Gasteiger charge is -2.33. The number of carbonyl (C=O) groups excluding carboxylic acids is 1. The molecule has 1 saturated heterocycles. The highest BCUT2D eigenvalue weighted by atomic mass is 32.2. The van der Waals surface area contributed by atoms with Crippen LogP contribution in [-0.4, -0.2) is 63.2 Å². The average molecular weight is 427 g/mol. The lowest BCUT2D eigenvalue weighted by Crippen LogP contribution is -2.48. The maximum absolute atomic E-state index is 13.1. The highest BCUT2D eigenvalue weighted by Crippen LogP contribution is 2.32. The molecule has 1 saturated carbocycles. The van der Waals surface area contributed by atoms with Gasteiger partial charge in [0.1, 0.15) is 0 Å². The first-order valence-corrected chi connectivity index (χ1v) is 11.5. The van der Waals surface area contributed by atoms with Crippen LogP contribution in [0.25, 0.3) is 0 Å². The van der Waals surface area contributed by atoms with Crippen LogP contribution in [0.4, 0.5) is 0 Å². The second-order valence-electron chi connectivity index (χ2n) is 7.73. The molecule has 29 heavy (non-hydrogen) atoms. The summed E-state index contributed by atoms with van der Waals surface area (Å²) in [6.45, 7) is 0.550. The number of aliphatic hydroxyl groups excluding tert-OH is 1. The first-order chi connectivity index (χ1) is 13.8. The second-order valence-corrected chi connectivity index (χ2v) is 9.67. The summed E-state index contributed by atoms with van der Waals surface area (Å²) in [6.07, 6.45) is 3.92. The highest BCUT2D eigenvalue weighted by molar-refractivity contribution is 7.89. The van der Waals surface area contributed by atoms with Crippen molar-refractivity contribution in [3.8, 4) is 11.5 Å². The second kappa shape index (κ2) is 9.32. The molecule has 1 aromatic carbocycles. The molecule has 2 fully saturated rings. The van der Waals surface area contributed by atoms with Crippen LogP contribution >= 0.6 is 0 Å². The standard InChI is InChI=1S/C20H30N2O6S/c1-27-18-10-9-17(12-19(18)28-2)29(25,26)22-11-3-4-14(13-22)20(24)21-15-5-7-16(23)8-6-15/h9-10,12,14-16,23H,3-8,11,13H2,1-2H3,(H,21,24)/t14-,15-,16-/m0/s1. The number of nitrogens with zero attached hydrogens (tertiary/aromatic N) is 1. The molecule has 1 aliphatic heterocycles. The third-order valence-corrected chi connectivity index (χ3v) is 7.65. The van der Waals surface area contributed by atoms with Crippen LogP contribution in [0.2, 0.25) is 0 Å². The number of benzene rings is 1. The van der Waals surface area contributed by atoms with E-state index in [2.05, 4.69) is 5.32 Å². The van der Waals surface area contributed by atoms with Crippen molar-refractivity contribution in [2.24, 2.45) is 5.92 Å². The Morgan fingerprint density at radius 3 is 2.45 bits per heavy atom. The van der Waals surface area contributed by atoms with Gasteiger partial charge in [0.15, 0.2) is 11.5 Å². The molecule has 0 radical (unpaired) electrons. The number of carbonyl (C=O) groups is 1. The van der Waals surface area contributed by atoms with Crippen LogP contribution in [0.1, 0.15) is 38.5 Å². The quantitative estimate of drug-likeness (QED) is 0.715. The van der Waals surface area contributed by atoms with Crippen LogP contribution in [0.15, 0.2) is 23.1 Å². The van der Waals surface area contributed by atoms with E-state index in [1.807, 2.05) is 0 Å². The molecule has 162 valence electrons. The van der Waals surface area contributed by atoms with Gasteiger partial charge in [0.25, 0.3) is 0 Å². The molecular weight excluding hydrogens is 396 g/mol. The fraction of sp³-hybridized carbons (Fsp3) is 0.650. The largest absolute Gasteiger partial charge is 0.493 e. The van der Waals surface area contributed by atoms with Gasteiger partial charge in [-0.3, -0.25) is 4.79 Å².